The molecule has 10 heteroatoms. The Bertz CT molecular complexity index is 811. The Labute approximate surface area is 415 Å². The van der Waals surface area contributed by atoms with Crippen molar-refractivity contribution in [2.45, 2.75) is 329 Å². The minimum Gasteiger partial charge on any atom is -0.550 e. The first-order valence-electron chi connectivity index (χ1n) is 27.3. The Morgan fingerprint density at radius 2 is 0.422 bits per heavy atom. The summed E-state index contributed by atoms with van der Waals surface area (Å²) in [6.45, 7) is 6.80. The van der Waals surface area contributed by atoms with E-state index in [0.717, 1.165) is 38.5 Å². The summed E-state index contributed by atoms with van der Waals surface area (Å²) < 4.78 is 16.8. The van der Waals surface area contributed by atoms with Crippen molar-refractivity contribution in [2.75, 3.05) is 0 Å². The number of rotatable bonds is 48. The molecule has 0 atom stereocenters. The van der Waals surface area contributed by atoms with Gasteiger partial charge in [-0.15, -0.1) is 0 Å². The van der Waals surface area contributed by atoms with Crippen molar-refractivity contribution in [2.24, 2.45) is 0 Å². The molecule has 0 aliphatic rings. The van der Waals surface area contributed by atoms with Crippen molar-refractivity contribution < 1.29 is 38.6 Å². The number of carboxylic acid groups (broad SMARTS) is 3. The number of hydrogen-bond donors (Lipinski definition) is 1. The topological polar surface area (TPSA) is 152 Å². The first-order valence-corrected chi connectivity index (χ1v) is 28.2. The fourth-order valence-electron chi connectivity index (χ4n) is 7.93. The quantitative estimate of drug-likeness (QED) is 0.0468. The van der Waals surface area contributed by atoms with Gasteiger partial charge in [0.05, 0.1) is 0 Å². The normalized spacial score (nSPS) is 10.3. The van der Waals surface area contributed by atoms with E-state index in [1.165, 1.54) is 250 Å². The largest absolute Gasteiger partial charge is 2.00 e. The second-order valence-electron chi connectivity index (χ2n) is 18.3. The van der Waals surface area contributed by atoms with Gasteiger partial charge in [-0.25, -0.2) is 0 Å². The summed E-state index contributed by atoms with van der Waals surface area (Å²) in [5.41, 5.74) is 0. The zero-order valence-corrected chi connectivity index (χ0v) is 45.4. The summed E-state index contributed by atoms with van der Waals surface area (Å²) in [6, 6.07) is 0. The van der Waals surface area contributed by atoms with Gasteiger partial charge in [-0.2, -0.15) is 0 Å². The summed E-state index contributed by atoms with van der Waals surface area (Å²) in [7, 11) is -1.42. The molecule has 0 unspecified atom stereocenters. The van der Waals surface area contributed by atoms with Crippen LogP contribution in [0, 0.1) is 0 Å². The number of unbranched alkanes of at least 4 members (excludes halogenated alkanes) is 42. The van der Waals surface area contributed by atoms with Crippen molar-refractivity contribution in [3.63, 3.8) is 0 Å². The summed E-state index contributed by atoms with van der Waals surface area (Å²) in [6.07, 6.45) is 59.9. The molecule has 0 spiro atoms. The Kier molecular flexibility index (Phi) is 79.9. The van der Waals surface area contributed by atoms with Gasteiger partial charge >= 0.3 is 38.3 Å². The molecular formula is C54H106MgO8Si. The molecule has 0 aromatic heterocycles. The van der Waals surface area contributed by atoms with E-state index >= 15 is 0 Å². The van der Waals surface area contributed by atoms with E-state index in [4.69, 9.17) is 14.0 Å². The van der Waals surface area contributed by atoms with Gasteiger partial charge in [-0.05, 0) is 32.1 Å². The minimum atomic E-state index is -1.42. The minimum absolute atomic E-state index is 0. The van der Waals surface area contributed by atoms with Crippen LogP contribution in [0.2, 0.25) is 0 Å². The van der Waals surface area contributed by atoms with E-state index < -0.39 is 27.2 Å². The maximum Gasteiger partial charge on any atom is 2.00 e. The van der Waals surface area contributed by atoms with Crippen LogP contribution in [0.1, 0.15) is 329 Å². The first kappa shape index (κ1) is 72.0. The Morgan fingerprint density at radius 3 is 0.547 bits per heavy atom. The van der Waals surface area contributed by atoms with Crippen molar-refractivity contribution in [3.8, 4) is 0 Å². The molecular weight excluding hydrogens is 829 g/mol. The van der Waals surface area contributed by atoms with Crippen molar-refractivity contribution in [3.05, 3.63) is 0 Å². The molecule has 0 heterocycles. The summed E-state index contributed by atoms with van der Waals surface area (Å²) in [4.78, 5) is 30.8. The van der Waals surface area contributed by atoms with Crippen molar-refractivity contribution in [1.82, 2.24) is 0 Å². The van der Waals surface area contributed by atoms with Crippen LogP contribution in [0.4, 0.5) is 0 Å². The van der Waals surface area contributed by atoms with Crippen LogP contribution in [-0.2, 0) is 23.3 Å². The van der Waals surface area contributed by atoms with Crippen LogP contribution in [0.5, 0.6) is 0 Å². The molecule has 0 saturated heterocycles. The molecule has 64 heavy (non-hydrogen) atoms. The smallest absolute Gasteiger partial charge is 0.550 e. The van der Waals surface area contributed by atoms with Gasteiger partial charge in [0.15, 0.2) is 0 Å². The summed E-state index contributed by atoms with van der Waals surface area (Å²) >= 11 is 0. The summed E-state index contributed by atoms with van der Waals surface area (Å²) in [5.74, 6) is -2.46. The maximum absolute atomic E-state index is 10.3. The molecule has 0 fully saturated rings. The van der Waals surface area contributed by atoms with Crippen LogP contribution in [0.3, 0.4) is 0 Å². The molecule has 0 aromatic rings. The molecule has 0 radical (unpaired) electrons. The average Bonchev–Trinajstić information content (AvgIpc) is 3.25. The monoisotopic (exact) mass is 935 g/mol. The number of carboxylic acids is 3. The van der Waals surface area contributed by atoms with Gasteiger partial charge in [0, 0.05) is 18.4 Å². The SMILES string of the molecule is CCCCCCCCCCCCCCCCCC(=O)O.CCCCCCCCCCCCCCCCCC(=O)[O-].CCCCCCCCCCCCCCCCCC(=O)[O-].O=[Si]=O.[Mg+2]. The second kappa shape index (κ2) is 71.0. The van der Waals surface area contributed by atoms with Crippen LogP contribution in [0.25, 0.3) is 0 Å². The van der Waals surface area contributed by atoms with E-state index in [0.29, 0.717) is 6.42 Å². The summed E-state index contributed by atoms with van der Waals surface area (Å²) in [5, 5.41) is 29.0. The van der Waals surface area contributed by atoms with Crippen LogP contribution in [0.15, 0.2) is 0 Å². The predicted octanol–water partition coefficient (Wildman–Crippen LogP) is 15.3. The van der Waals surface area contributed by atoms with E-state index in [1.807, 2.05) is 0 Å². The van der Waals surface area contributed by atoms with Crippen molar-refractivity contribution in [1.29, 1.82) is 0 Å². The Hall–Kier alpha value is -1.01. The molecule has 0 aliphatic heterocycles. The second-order valence-corrected chi connectivity index (χ2v) is 18.5. The molecule has 376 valence electrons. The molecule has 8 nitrogen and oxygen atoms in total. The van der Waals surface area contributed by atoms with Gasteiger partial charge in [0.2, 0.25) is 0 Å². The molecule has 0 bridgehead atoms. The van der Waals surface area contributed by atoms with E-state index in [1.54, 1.807) is 0 Å². The molecule has 0 aromatic carbocycles. The predicted molar refractivity (Wildman–Crippen MR) is 269 cm³/mol. The Morgan fingerprint density at radius 1 is 0.297 bits per heavy atom. The fraction of sp³-hybridized carbons (Fsp3) is 0.944. The number of carbonyl (C=O) groups is 3. The Balaban J connectivity index is -0.000000261. The fourth-order valence-corrected chi connectivity index (χ4v) is 7.93. The van der Waals surface area contributed by atoms with Gasteiger partial charge in [-0.1, -0.05) is 290 Å². The molecule has 0 amide bonds. The molecule has 1 N–H and O–H groups in total. The van der Waals surface area contributed by atoms with Gasteiger partial charge < -0.3 is 24.9 Å². The van der Waals surface area contributed by atoms with Crippen LogP contribution >= 0.6 is 0 Å². The van der Waals surface area contributed by atoms with E-state index in [9.17, 15) is 24.6 Å². The third-order valence-corrected chi connectivity index (χ3v) is 12.0. The number of carbonyl (C=O) groups excluding carboxylic acids is 2. The average molecular weight is 936 g/mol. The third-order valence-electron chi connectivity index (χ3n) is 12.0. The van der Waals surface area contributed by atoms with Gasteiger partial charge in [0.25, 0.3) is 0 Å². The molecule has 0 rings (SSSR count). The zero-order chi connectivity index (χ0) is 47.4. The van der Waals surface area contributed by atoms with E-state index in [2.05, 4.69) is 20.8 Å². The number of hydrogen-bond acceptors (Lipinski definition) is 7. The third kappa shape index (κ3) is 87.8. The van der Waals surface area contributed by atoms with Crippen LogP contribution in [-0.4, -0.2) is 55.4 Å². The van der Waals surface area contributed by atoms with Crippen molar-refractivity contribution >= 4 is 50.3 Å². The molecule has 0 saturated carbocycles. The van der Waals surface area contributed by atoms with Crippen LogP contribution < -0.4 is 10.2 Å². The standard InChI is InChI=1S/3C18H36O2.Mg.O2Si/c3*1-2-3-4-5-6-7-8-9-10-11-12-13-14-15-16-17-18(19)20;;1-3-2/h3*2-17H2,1H3,(H,19,20);;/q;;;+2;/p-2. The van der Waals surface area contributed by atoms with Gasteiger partial charge in [0.1, 0.15) is 0 Å². The zero-order valence-electron chi connectivity index (χ0n) is 43.0. The molecule has 0 aliphatic carbocycles. The first-order chi connectivity index (χ1) is 30.7. The van der Waals surface area contributed by atoms with E-state index in [-0.39, 0.29) is 35.9 Å². The maximum atomic E-state index is 10.3. The van der Waals surface area contributed by atoms with Gasteiger partial charge in [-0.3, -0.25) is 13.7 Å². The number of aliphatic carboxylic acids is 3.